The van der Waals surface area contributed by atoms with Gasteiger partial charge in [-0.05, 0) is 44.7 Å². The fraction of sp³-hybridized carbons (Fsp3) is 0.500. The highest BCUT2D eigenvalue weighted by molar-refractivity contribution is 5.63. The quantitative estimate of drug-likeness (QED) is 0.909. The number of aromatic nitrogens is 2. The highest BCUT2D eigenvalue weighted by Gasteiger charge is 2.36. The minimum Gasteiger partial charge on any atom is -0.334 e. The molecule has 0 radical (unpaired) electrons. The number of aryl methyl sites for hydroxylation is 3. The van der Waals surface area contributed by atoms with Crippen molar-refractivity contribution in [3.8, 4) is 11.5 Å². The van der Waals surface area contributed by atoms with Crippen LogP contribution in [-0.2, 0) is 5.54 Å². The van der Waals surface area contributed by atoms with Crippen LogP contribution >= 0.6 is 0 Å². The van der Waals surface area contributed by atoms with Gasteiger partial charge in [0, 0.05) is 5.56 Å². The summed E-state index contributed by atoms with van der Waals surface area (Å²) in [5.41, 5.74) is 10.6. The third-order valence-corrected chi connectivity index (χ3v) is 4.26. The van der Waals surface area contributed by atoms with Crippen LogP contribution in [0.15, 0.2) is 16.7 Å². The zero-order valence-electron chi connectivity index (χ0n) is 12.4. The molecule has 1 aliphatic carbocycles. The van der Waals surface area contributed by atoms with E-state index in [2.05, 4.69) is 43.0 Å². The summed E-state index contributed by atoms with van der Waals surface area (Å²) in [6.45, 7) is 6.25. The van der Waals surface area contributed by atoms with Gasteiger partial charge in [0.1, 0.15) is 0 Å². The Hall–Kier alpha value is -1.68. The minimum absolute atomic E-state index is 0.395. The number of nitrogens with zero attached hydrogens (tertiary/aromatic N) is 2. The molecule has 1 aromatic heterocycles. The lowest BCUT2D eigenvalue weighted by molar-refractivity contribution is 0.372. The molecule has 2 N–H and O–H groups in total. The predicted molar refractivity (Wildman–Crippen MR) is 78.3 cm³/mol. The summed E-state index contributed by atoms with van der Waals surface area (Å²) >= 11 is 0. The lowest BCUT2D eigenvalue weighted by Gasteiger charge is -2.17. The first-order valence-corrected chi connectivity index (χ1v) is 7.21. The van der Waals surface area contributed by atoms with Gasteiger partial charge in [0.05, 0.1) is 5.54 Å². The number of hydrogen-bond donors (Lipinski definition) is 1. The fourth-order valence-corrected chi connectivity index (χ4v) is 3.27. The van der Waals surface area contributed by atoms with Gasteiger partial charge in [-0.3, -0.25) is 0 Å². The van der Waals surface area contributed by atoms with E-state index in [1.165, 1.54) is 5.56 Å². The molecule has 4 nitrogen and oxygen atoms in total. The molecule has 0 atom stereocenters. The van der Waals surface area contributed by atoms with Crippen molar-refractivity contribution in [2.24, 2.45) is 5.73 Å². The van der Waals surface area contributed by atoms with Gasteiger partial charge in [0.2, 0.25) is 0 Å². The third kappa shape index (κ3) is 2.14. The lowest BCUT2D eigenvalue weighted by Crippen LogP contribution is -2.34. The Morgan fingerprint density at radius 2 is 1.70 bits per heavy atom. The molecule has 1 saturated carbocycles. The number of nitrogens with two attached hydrogens (primary N) is 1. The van der Waals surface area contributed by atoms with Gasteiger partial charge in [0.25, 0.3) is 5.89 Å². The molecule has 20 heavy (non-hydrogen) atoms. The second kappa shape index (κ2) is 4.70. The Balaban J connectivity index is 2.03. The summed E-state index contributed by atoms with van der Waals surface area (Å²) < 4.78 is 5.49. The van der Waals surface area contributed by atoms with Crippen LogP contribution in [0.5, 0.6) is 0 Å². The van der Waals surface area contributed by atoms with Crippen LogP contribution in [0, 0.1) is 20.8 Å². The van der Waals surface area contributed by atoms with E-state index in [0.717, 1.165) is 42.4 Å². The summed E-state index contributed by atoms with van der Waals surface area (Å²) in [5.74, 6) is 1.25. The van der Waals surface area contributed by atoms with E-state index in [-0.39, 0.29) is 0 Å². The van der Waals surface area contributed by atoms with Crippen molar-refractivity contribution >= 4 is 0 Å². The molecular formula is C16H21N3O. The van der Waals surface area contributed by atoms with Crippen molar-refractivity contribution in [2.45, 2.75) is 52.0 Å². The van der Waals surface area contributed by atoms with Crippen LogP contribution < -0.4 is 5.73 Å². The lowest BCUT2D eigenvalue weighted by atomic mass is 9.98. The Morgan fingerprint density at radius 3 is 2.30 bits per heavy atom. The summed E-state index contributed by atoms with van der Waals surface area (Å²) in [4.78, 5) is 4.58. The standard InChI is InChI=1S/C16H21N3O/c1-10-8-11(2)13(12(3)9-10)14-18-15(19-20-14)16(17)6-4-5-7-16/h8-9H,4-7,17H2,1-3H3. The van der Waals surface area contributed by atoms with Gasteiger partial charge >= 0.3 is 0 Å². The van der Waals surface area contributed by atoms with Crippen LogP contribution in [0.4, 0.5) is 0 Å². The van der Waals surface area contributed by atoms with Crippen molar-refractivity contribution in [1.82, 2.24) is 10.1 Å². The highest BCUT2D eigenvalue weighted by atomic mass is 16.5. The van der Waals surface area contributed by atoms with Crippen molar-refractivity contribution in [3.05, 3.63) is 34.6 Å². The monoisotopic (exact) mass is 271 g/mol. The molecule has 1 fully saturated rings. The first-order chi connectivity index (χ1) is 9.49. The van der Waals surface area contributed by atoms with Crippen LogP contribution in [0.2, 0.25) is 0 Å². The molecule has 1 aromatic carbocycles. The second-order valence-corrected chi connectivity index (χ2v) is 6.06. The summed E-state index contributed by atoms with van der Waals surface area (Å²) in [6, 6.07) is 4.28. The normalized spacial score (nSPS) is 17.6. The average molecular weight is 271 g/mol. The maximum absolute atomic E-state index is 6.39. The summed E-state index contributed by atoms with van der Waals surface area (Å²) in [6.07, 6.45) is 4.17. The van der Waals surface area contributed by atoms with Gasteiger partial charge < -0.3 is 10.3 Å². The Kier molecular flexibility index (Phi) is 3.13. The van der Waals surface area contributed by atoms with Crippen molar-refractivity contribution < 1.29 is 4.52 Å². The van der Waals surface area contributed by atoms with Crippen molar-refractivity contribution in [1.29, 1.82) is 0 Å². The van der Waals surface area contributed by atoms with E-state index in [0.29, 0.717) is 11.7 Å². The Labute approximate surface area is 119 Å². The molecule has 0 saturated heterocycles. The maximum Gasteiger partial charge on any atom is 0.258 e. The van der Waals surface area contributed by atoms with E-state index >= 15 is 0 Å². The molecule has 0 unspecified atom stereocenters. The third-order valence-electron chi connectivity index (χ3n) is 4.26. The van der Waals surface area contributed by atoms with Gasteiger partial charge in [-0.2, -0.15) is 4.98 Å². The molecule has 1 heterocycles. The number of rotatable bonds is 2. The maximum atomic E-state index is 6.39. The van der Waals surface area contributed by atoms with Gasteiger partial charge in [0.15, 0.2) is 5.82 Å². The first kappa shape index (κ1) is 13.3. The Morgan fingerprint density at radius 1 is 1.10 bits per heavy atom. The molecule has 2 aromatic rings. The van der Waals surface area contributed by atoms with Crippen molar-refractivity contribution in [2.75, 3.05) is 0 Å². The van der Waals surface area contributed by atoms with Gasteiger partial charge in [-0.25, -0.2) is 0 Å². The molecule has 1 aliphatic rings. The van der Waals surface area contributed by atoms with E-state index in [1.807, 2.05) is 0 Å². The summed E-state index contributed by atoms with van der Waals surface area (Å²) in [5, 5.41) is 4.14. The zero-order valence-corrected chi connectivity index (χ0v) is 12.4. The summed E-state index contributed by atoms with van der Waals surface area (Å²) in [7, 11) is 0. The molecular weight excluding hydrogens is 250 g/mol. The zero-order chi connectivity index (χ0) is 14.3. The first-order valence-electron chi connectivity index (χ1n) is 7.21. The second-order valence-electron chi connectivity index (χ2n) is 6.06. The van der Waals surface area contributed by atoms with Crippen LogP contribution in [0.3, 0.4) is 0 Å². The molecule has 0 amide bonds. The van der Waals surface area contributed by atoms with Crippen LogP contribution in [0.25, 0.3) is 11.5 Å². The molecule has 0 aliphatic heterocycles. The topological polar surface area (TPSA) is 64.9 Å². The van der Waals surface area contributed by atoms with Crippen LogP contribution in [-0.4, -0.2) is 10.1 Å². The van der Waals surface area contributed by atoms with Crippen molar-refractivity contribution in [3.63, 3.8) is 0 Å². The minimum atomic E-state index is -0.395. The fourth-order valence-electron chi connectivity index (χ4n) is 3.27. The largest absolute Gasteiger partial charge is 0.334 e. The smallest absolute Gasteiger partial charge is 0.258 e. The van der Waals surface area contributed by atoms with E-state index in [4.69, 9.17) is 10.3 Å². The predicted octanol–water partition coefficient (Wildman–Crippen LogP) is 3.39. The van der Waals surface area contributed by atoms with Gasteiger partial charge in [-0.1, -0.05) is 35.7 Å². The van der Waals surface area contributed by atoms with Crippen LogP contribution in [0.1, 0.15) is 48.2 Å². The highest BCUT2D eigenvalue weighted by Crippen LogP contribution is 2.36. The SMILES string of the molecule is Cc1cc(C)c(-c2nc(C3(N)CCCC3)no2)c(C)c1. The molecule has 0 bridgehead atoms. The number of hydrogen-bond acceptors (Lipinski definition) is 4. The van der Waals surface area contributed by atoms with E-state index < -0.39 is 5.54 Å². The van der Waals surface area contributed by atoms with E-state index in [9.17, 15) is 0 Å². The molecule has 3 rings (SSSR count). The van der Waals surface area contributed by atoms with E-state index in [1.54, 1.807) is 0 Å². The van der Waals surface area contributed by atoms with Gasteiger partial charge in [-0.15, -0.1) is 0 Å². The Bertz CT molecular complexity index is 616. The molecule has 4 heteroatoms. The molecule has 106 valence electrons. The average Bonchev–Trinajstić information content (AvgIpc) is 2.98. The number of benzene rings is 1. The molecule has 0 spiro atoms.